The molecule has 2 rings (SSSR count). The summed E-state index contributed by atoms with van der Waals surface area (Å²) in [6.07, 6.45) is 0.812. The maximum atomic E-state index is 11.7. The molecule has 0 radical (unpaired) electrons. The Labute approximate surface area is 176 Å². The molecule has 0 heterocycles. The van der Waals surface area contributed by atoms with Crippen molar-refractivity contribution in [3.63, 3.8) is 0 Å². The molecule has 0 spiro atoms. The molecule has 2 aromatic carbocycles. The zero-order valence-corrected chi connectivity index (χ0v) is 18.0. The van der Waals surface area contributed by atoms with Crippen LogP contribution in [0.5, 0.6) is 0 Å². The molecule has 0 saturated carbocycles. The Morgan fingerprint density at radius 2 is 1.88 bits per heavy atom. The summed E-state index contributed by atoms with van der Waals surface area (Å²) in [6, 6.07) is 15.3. The van der Waals surface area contributed by atoms with Gasteiger partial charge in [-0.3, -0.25) is 9.79 Å². The van der Waals surface area contributed by atoms with Crippen molar-refractivity contribution in [1.82, 2.24) is 16.0 Å². The van der Waals surface area contributed by atoms with Gasteiger partial charge in [0.05, 0.1) is 0 Å². The largest absolute Gasteiger partial charge is 0.356 e. The van der Waals surface area contributed by atoms with Crippen LogP contribution in [0.25, 0.3) is 0 Å². The van der Waals surface area contributed by atoms with Crippen LogP contribution in [0.2, 0.25) is 5.02 Å². The van der Waals surface area contributed by atoms with E-state index in [2.05, 4.69) is 20.9 Å². The van der Waals surface area contributed by atoms with Gasteiger partial charge in [-0.1, -0.05) is 41.9 Å². The second-order valence-electron chi connectivity index (χ2n) is 5.47. The number of nitrogens with zero attached hydrogens (tertiary/aromatic N) is 1. The van der Waals surface area contributed by atoms with E-state index in [4.69, 9.17) is 11.6 Å². The van der Waals surface area contributed by atoms with Gasteiger partial charge >= 0.3 is 0 Å². The lowest BCUT2D eigenvalue weighted by molar-refractivity contribution is 0.0963. The van der Waals surface area contributed by atoms with Crippen LogP contribution in [0.3, 0.4) is 0 Å². The smallest absolute Gasteiger partial charge is 0.251 e. The van der Waals surface area contributed by atoms with E-state index in [9.17, 15) is 4.79 Å². The summed E-state index contributed by atoms with van der Waals surface area (Å²) < 4.78 is 0. The van der Waals surface area contributed by atoms with Crippen molar-refractivity contribution in [3.8, 4) is 0 Å². The number of halogens is 2. The average molecular weight is 487 g/mol. The first kappa shape index (κ1) is 22.2. The molecule has 7 heteroatoms. The molecule has 0 aliphatic rings. The molecule has 2 aromatic rings. The van der Waals surface area contributed by atoms with Crippen molar-refractivity contribution in [1.29, 1.82) is 0 Å². The van der Waals surface area contributed by atoms with Crippen molar-refractivity contribution >= 4 is 47.4 Å². The quantitative estimate of drug-likeness (QED) is 0.334. The normalized spacial score (nSPS) is 10.7. The maximum Gasteiger partial charge on any atom is 0.251 e. The highest BCUT2D eigenvalue weighted by Gasteiger charge is 2.05. The van der Waals surface area contributed by atoms with Gasteiger partial charge in [-0.2, -0.15) is 0 Å². The number of guanidine groups is 1. The molecular weight excluding hydrogens is 463 g/mol. The number of rotatable bonds is 6. The zero-order valence-electron chi connectivity index (χ0n) is 14.9. The number of aliphatic imine (C=N–C) groups is 1. The van der Waals surface area contributed by atoms with E-state index in [0.717, 1.165) is 29.1 Å². The summed E-state index contributed by atoms with van der Waals surface area (Å²) in [5, 5.41) is 9.91. The van der Waals surface area contributed by atoms with Crippen LogP contribution < -0.4 is 16.0 Å². The number of hydrogen-bond acceptors (Lipinski definition) is 2. The lowest BCUT2D eigenvalue weighted by Crippen LogP contribution is -2.37. The number of carbonyl (C=O) groups excluding carboxylic acids is 1. The maximum absolute atomic E-state index is 11.7. The Kier molecular flexibility index (Phi) is 10.0. The van der Waals surface area contributed by atoms with Crippen LogP contribution in [0.4, 0.5) is 0 Å². The minimum Gasteiger partial charge on any atom is -0.356 e. The van der Waals surface area contributed by atoms with Gasteiger partial charge in [0.15, 0.2) is 5.96 Å². The SMILES string of the molecule is CN=C(NCCc1ccccc1Cl)NCc1cccc(C(=O)NC)c1.I. The monoisotopic (exact) mass is 486 g/mol. The van der Waals surface area contributed by atoms with Gasteiger partial charge < -0.3 is 16.0 Å². The predicted octanol–water partition coefficient (Wildman–Crippen LogP) is 3.23. The third-order valence-corrected chi connectivity index (χ3v) is 4.11. The van der Waals surface area contributed by atoms with Gasteiger partial charge in [0, 0.05) is 37.8 Å². The van der Waals surface area contributed by atoms with Crippen LogP contribution in [0, 0.1) is 0 Å². The highest BCUT2D eigenvalue weighted by atomic mass is 127. The third-order valence-electron chi connectivity index (χ3n) is 3.74. The number of nitrogens with one attached hydrogen (secondary N) is 3. The summed E-state index contributed by atoms with van der Waals surface area (Å²) in [5.74, 6) is 0.612. The Bertz CT molecular complexity index is 752. The third kappa shape index (κ3) is 6.84. The fourth-order valence-electron chi connectivity index (χ4n) is 2.39. The van der Waals surface area contributed by atoms with E-state index in [1.807, 2.05) is 42.5 Å². The van der Waals surface area contributed by atoms with Crippen molar-refractivity contribution in [2.24, 2.45) is 4.99 Å². The topological polar surface area (TPSA) is 65.5 Å². The van der Waals surface area contributed by atoms with Crippen LogP contribution in [-0.2, 0) is 13.0 Å². The summed E-state index contributed by atoms with van der Waals surface area (Å²) in [5.41, 5.74) is 2.75. The standard InChI is InChI=1S/C19H23ClN4O.HI/c1-21-18(25)16-8-5-6-14(12-16)13-24-19(22-2)23-11-10-15-7-3-4-9-17(15)20;/h3-9,12H,10-11,13H2,1-2H3,(H,21,25)(H2,22,23,24);1H. The van der Waals surface area contributed by atoms with Gasteiger partial charge in [0.25, 0.3) is 5.91 Å². The molecule has 0 fully saturated rings. The van der Waals surface area contributed by atoms with Crippen molar-refractivity contribution in [3.05, 3.63) is 70.2 Å². The van der Waals surface area contributed by atoms with Crippen LogP contribution in [-0.4, -0.2) is 32.5 Å². The first-order valence-electron chi connectivity index (χ1n) is 8.13. The van der Waals surface area contributed by atoms with Gasteiger partial charge in [-0.25, -0.2) is 0 Å². The minimum absolute atomic E-state index is 0. The molecule has 1 amide bonds. The van der Waals surface area contributed by atoms with E-state index in [1.165, 1.54) is 0 Å². The summed E-state index contributed by atoms with van der Waals surface area (Å²) in [7, 11) is 3.35. The van der Waals surface area contributed by atoms with Gasteiger partial charge in [-0.05, 0) is 35.7 Å². The van der Waals surface area contributed by atoms with Gasteiger partial charge in [0.2, 0.25) is 0 Å². The molecule has 0 bridgehead atoms. The Balaban J connectivity index is 0.00000338. The molecule has 5 nitrogen and oxygen atoms in total. The fourth-order valence-corrected chi connectivity index (χ4v) is 2.62. The van der Waals surface area contributed by atoms with Crippen LogP contribution in [0.15, 0.2) is 53.5 Å². The van der Waals surface area contributed by atoms with Crippen molar-refractivity contribution in [2.75, 3.05) is 20.6 Å². The van der Waals surface area contributed by atoms with E-state index in [0.29, 0.717) is 18.1 Å². The van der Waals surface area contributed by atoms with Gasteiger partial charge in [0.1, 0.15) is 0 Å². The first-order valence-corrected chi connectivity index (χ1v) is 8.50. The summed E-state index contributed by atoms with van der Waals surface area (Å²) in [6.45, 7) is 1.30. The highest BCUT2D eigenvalue weighted by molar-refractivity contribution is 14.0. The molecule has 0 atom stereocenters. The first-order chi connectivity index (χ1) is 12.1. The molecule has 0 saturated heterocycles. The summed E-state index contributed by atoms with van der Waals surface area (Å²) in [4.78, 5) is 15.9. The van der Waals surface area contributed by atoms with Crippen molar-refractivity contribution in [2.45, 2.75) is 13.0 Å². The zero-order chi connectivity index (χ0) is 18.1. The second-order valence-corrected chi connectivity index (χ2v) is 5.88. The van der Waals surface area contributed by atoms with Crippen LogP contribution >= 0.6 is 35.6 Å². The number of benzene rings is 2. The highest BCUT2D eigenvalue weighted by Crippen LogP contribution is 2.14. The second kappa shape index (κ2) is 11.7. The van der Waals surface area contributed by atoms with E-state index >= 15 is 0 Å². The lowest BCUT2D eigenvalue weighted by Gasteiger charge is -2.13. The van der Waals surface area contributed by atoms with E-state index in [-0.39, 0.29) is 29.9 Å². The Morgan fingerprint density at radius 1 is 1.12 bits per heavy atom. The van der Waals surface area contributed by atoms with E-state index < -0.39 is 0 Å². The average Bonchev–Trinajstić information content (AvgIpc) is 2.65. The number of amides is 1. The Hall–Kier alpha value is -1.80. The molecule has 0 aromatic heterocycles. The van der Waals surface area contributed by atoms with Crippen LogP contribution in [0.1, 0.15) is 21.5 Å². The minimum atomic E-state index is -0.0934. The molecule has 3 N–H and O–H groups in total. The predicted molar refractivity (Wildman–Crippen MR) is 119 cm³/mol. The number of carbonyl (C=O) groups is 1. The van der Waals surface area contributed by atoms with E-state index in [1.54, 1.807) is 20.2 Å². The molecule has 140 valence electrons. The molecule has 0 unspecified atom stereocenters. The molecule has 0 aliphatic carbocycles. The molecule has 26 heavy (non-hydrogen) atoms. The fraction of sp³-hybridized carbons (Fsp3) is 0.263. The number of hydrogen-bond donors (Lipinski definition) is 3. The van der Waals surface area contributed by atoms with Gasteiger partial charge in [-0.15, -0.1) is 24.0 Å². The lowest BCUT2D eigenvalue weighted by atomic mass is 10.1. The van der Waals surface area contributed by atoms with Crippen molar-refractivity contribution < 1.29 is 4.79 Å². The summed E-state index contributed by atoms with van der Waals surface area (Å²) >= 11 is 6.16. The molecule has 0 aliphatic heterocycles. The molecular formula is C19H24ClIN4O. The Morgan fingerprint density at radius 3 is 2.58 bits per heavy atom.